The molecule has 1 fully saturated rings. The minimum Gasteiger partial charge on any atom is -0.497 e. The maximum atomic E-state index is 13.4. The maximum absolute atomic E-state index is 13.4. The number of fused-ring (bicyclic) bond motifs is 2. The quantitative estimate of drug-likeness (QED) is 0.266. The van der Waals surface area contributed by atoms with E-state index >= 15 is 0 Å². The van der Waals surface area contributed by atoms with Crippen LogP contribution in [0.15, 0.2) is 71.6 Å². The number of carboxylic acid groups (broad SMARTS) is 1. The van der Waals surface area contributed by atoms with E-state index < -0.39 is 27.7 Å². The number of carboxylic acids is 1. The molecule has 5 N–H and O–H groups in total. The van der Waals surface area contributed by atoms with Gasteiger partial charge in [0, 0.05) is 18.4 Å². The maximum Gasteiger partial charge on any atom is 0.490 e. The van der Waals surface area contributed by atoms with Crippen LogP contribution in [0.4, 0.5) is 19.0 Å². The molecule has 216 valence electrons. The third-order valence-corrected chi connectivity index (χ3v) is 7.99. The number of pyridine rings is 1. The molecule has 0 bridgehead atoms. The van der Waals surface area contributed by atoms with Crippen LogP contribution in [-0.2, 0) is 26.0 Å². The molecule has 0 unspecified atom stereocenters. The van der Waals surface area contributed by atoms with Crippen molar-refractivity contribution in [3.8, 4) is 5.75 Å². The average molecular weight is 591 g/mol. The van der Waals surface area contributed by atoms with Crippen molar-refractivity contribution < 1.29 is 41.0 Å². The molecule has 0 radical (unpaired) electrons. The second-order valence-corrected chi connectivity index (χ2v) is 11.0. The number of alkyl halides is 3. The van der Waals surface area contributed by atoms with Crippen LogP contribution in [0.25, 0.3) is 21.7 Å². The Kier molecular flexibility index (Phi) is 8.08. The molecule has 0 spiro atoms. The van der Waals surface area contributed by atoms with Gasteiger partial charge in [0.25, 0.3) is 0 Å². The minimum absolute atomic E-state index is 0.0836. The fourth-order valence-electron chi connectivity index (χ4n) is 4.42. The SMILES string of the molecule is COc1ccc2ccc(S(=O)(=O)N[C@@]3(Cc4ccc5ccc(N)nc5c4)CCNC3=O)cc2c1.O=C(O)C(F)(F)F. The van der Waals surface area contributed by atoms with E-state index in [1.165, 1.54) is 0 Å². The number of benzene rings is 3. The van der Waals surface area contributed by atoms with E-state index in [0.717, 1.165) is 21.7 Å². The lowest BCUT2D eigenvalue weighted by molar-refractivity contribution is -0.192. The summed E-state index contributed by atoms with van der Waals surface area (Å²) in [6.07, 6.45) is -4.57. The predicted molar refractivity (Wildman–Crippen MR) is 145 cm³/mol. The number of amides is 1. The molecule has 4 aromatic rings. The summed E-state index contributed by atoms with van der Waals surface area (Å²) < 4.78 is 66.6. The van der Waals surface area contributed by atoms with Gasteiger partial charge in [-0.2, -0.15) is 17.9 Å². The fourth-order valence-corrected chi connectivity index (χ4v) is 5.85. The highest BCUT2D eigenvalue weighted by atomic mass is 32.2. The van der Waals surface area contributed by atoms with Gasteiger partial charge in [0.2, 0.25) is 15.9 Å². The third kappa shape index (κ3) is 6.66. The van der Waals surface area contributed by atoms with Gasteiger partial charge in [-0.15, -0.1) is 0 Å². The van der Waals surface area contributed by atoms with Crippen molar-refractivity contribution >= 4 is 49.4 Å². The molecule has 1 aromatic heterocycles. The number of aromatic nitrogens is 1. The molecule has 5 rings (SSSR count). The normalized spacial score (nSPS) is 17.1. The third-order valence-electron chi connectivity index (χ3n) is 6.46. The van der Waals surface area contributed by atoms with Gasteiger partial charge in [-0.3, -0.25) is 4.79 Å². The van der Waals surface area contributed by atoms with Gasteiger partial charge in [0.15, 0.2) is 0 Å². The Morgan fingerprint density at radius 1 is 1.07 bits per heavy atom. The van der Waals surface area contributed by atoms with Gasteiger partial charge in [-0.1, -0.05) is 24.3 Å². The largest absolute Gasteiger partial charge is 0.497 e. The number of carbonyl (C=O) groups excluding carboxylic acids is 1. The molecule has 14 heteroatoms. The predicted octanol–water partition coefficient (Wildman–Crippen LogP) is 3.39. The van der Waals surface area contributed by atoms with E-state index in [9.17, 15) is 26.4 Å². The standard InChI is InChI=1S/C25H24N4O4S.C2HF3O2/c1-33-20-7-4-17-5-8-21(14-19(17)13-20)34(31,32)29-25(10-11-27-24(25)30)15-16-2-3-18-6-9-23(26)28-22(18)12-16;3-2(4,5)1(6)7/h2-9,12-14,29H,10-11,15H2,1H3,(H2,26,28)(H,27,30);(H,6,7)/t25-;/m1./s1. The van der Waals surface area contributed by atoms with Gasteiger partial charge in [0.05, 0.1) is 17.5 Å². The first-order valence-corrected chi connectivity index (χ1v) is 13.6. The number of nitrogen functional groups attached to an aromatic ring is 1. The summed E-state index contributed by atoms with van der Waals surface area (Å²) in [5.41, 5.74) is 5.98. The monoisotopic (exact) mass is 590 g/mol. The number of methoxy groups -OCH3 is 1. The first-order chi connectivity index (χ1) is 19.2. The molecule has 1 aliphatic rings. The van der Waals surface area contributed by atoms with Crippen LogP contribution in [0.2, 0.25) is 0 Å². The Balaban J connectivity index is 0.000000493. The van der Waals surface area contributed by atoms with Crippen molar-refractivity contribution in [2.75, 3.05) is 19.4 Å². The van der Waals surface area contributed by atoms with Crippen molar-refractivity contribution in [1.82, 2.24) is 15.0 Å². The van der Waals surface area contributed by atoms with Crippen molar-refractivity contribution in [3.05, 3.63) is 72.3 Å². The number of ether oxygens (including phenoxy) is 1. The smallest absolute Gasteiger partial charge is 0.490 e. The number of carbonyl (C=O) groups is 2. The summed E-state index contributed by atoms with van der Waals surface area (Å²) in [6.45, 7) is 0.384. The van der Waals surface area contributed by atoms with Gasteiger partial charge in [-0.05, 0) is 65.2 Å². The lowest BCUT2D eigenvalue weighted by Gasteiger charge is -2.27. The summed E-state index contributed by atoms with van der Waals surface area (Å²) in [5, 5.41) is 12.4. The number of nitrogens with two attached hydrogens (primary N) is 1. The van der Waals surface area contributed by atoms with E-state index in [-0.39, 0.29) is 17.2 Å². The topological polar surface area (TPSA) is 161 Å². The Labute approximate surface area is 232 Å². The zero-order valence-corrected chi connectivity index (χ0v) is 22.3. The molecule has 0 saturated carbocycles. The number of sulfonamides is 1. The molecule has 3 aromatic carbocycles. The van der Waals surface area contributed by atoms with Gasteiger partial charge >= 0.3 is 12.1 Å². The molecule has 10 nitrogen and oxygen atoms in total. The number of hydrogen-bond acceptors (Lipinski definition) is 7. The van der Waals surface area contributed by atoms with Crippen molar-refractivity contribution in [2.45, 2.75) is 29.5 Å². The summed E-state index contributed by atoms with van der Waals surface area (Å²) >= 11 is 0. The second kappa shape index (κ2) is 11.2. The number of halogens is 3. The Morgan fingerprint density at radius 3 is 2.37 bits per heavy atom. The number of anilines is 1. The zero-order valence-electron chi connectivity index (χ0n) is 21.5. The van der Waals surface area contributed by atoms with E-state index in [2.05, 4.69) is 15.0 Å². The summed E-state index contributed by atoms with van der Waals surface area (Å²) in [4.78, 5) is 26.3. The number of nitrogens with one attached hydrogen (secondary N) is 2. The average Bonchev–Trinajstić information content (AvgIpc) is 3.25. The summed E-state index contributed by atoms with van der Waals surface area (Å²) in [5.74, 6) is -2.08. The number of hydrogen-bond donors (Lipinski definition) is 4. The fraction of sp³-hybridized carbons (Fsp3) is 0.222. The Morgan fingerprint density at radius 2 is 1.73 bits per heavy atom. The molecular formula is C27H25F3N4O6S. The van der Waals surface area contributed by atoms with E-state index in [1.807, 2.05) is 36.4 Å². The molecular weight excluding hydrogens is 565 g/mol. The second-order valence-electron chi connectivity index (χ2n) is 9.31. The Hall–Kier alpha value is -4.43. The van der Waals surface area contributed by atoms with E-state index in [0.29, 0.717) is 30.0 Å². The molecule has 1 amide bonds. The highest BCUT2D eigenvalue weighted by molar-refractivity contribution is 7.89. The highest BCUT2D eigenvalue weighted by Crippen LogP contribution is 2.29. The van der Waals surface area contributed by atoms with E-state index in [1.54, 1.807) is 37.4 Å². The van der Waals surface area contributed by atoms with Crippen LogP contribution in [0.3, 0.4) is 0 Å². The molecule has 1 saturated heterocycles. The highest BCUT2D eigenvalue weighted by Gasteiger charge is 2.45. The summed E-state index contributed by atoms with van der Waals surface area (Å²) in [7, 11) is -2.44. The van der Waals surface area contributed by atoms with Crippen molar-refractivity contribution in [3.63, 3.8) is 0 Å². The first kappa shape index (κ1) is 29.6. The van der Waals surface area contributed by atoms with Gasteiger partial charge in [-0.25, -0.2) is 18.2 Å². The van der Waals surface area contributed by atoms with Crippen LogP contribution >= 0.6 is 0 Å². The molecule has 2 heterocycles. The molecule has 1 atom stereocenters. The lowest BCUT2D eigenvalue weighted by Crippen LogP contribution is -2.55. The van der Waals surface area contributed by atoms with Gasteiger partial charge < -0.3 is 20.9 Å². The van der Waals surface area contributed by atoms with Crippen LogP contribution < -0.4 is 20.5 Å². The number of aliphatic carboxylic acids is 1. The van der Waals surface area contributed by atoms with Crippen LogP contribution in [0.1, 0.15) is 12.0 Å². The van der Waals surface area contributed by atoms with Crippen LogP contribution in [0, 0.1) is 0 Å². The van der Waals surface area contributed by atoms with Crippen molar-refractivity contribution in [2.24, 2.45) is 0 Å². The minimum atomic E-state index is -5.08. The first-order valence-electron chi connectivity index (χ1n) is 12.1. The van der Waals surface area contributed by atoms with Gasteiger partial charge in [0.1, 0.15) is 17.1 Å². The van der Waals surface area contributed by atoms with Crippen molar-refractivity contribution in [1.29, 1.82) is 0 Å². The molecule has 41 heavy (non-hydrogen) atoms. The number of nitrogens with zero attached hydrogens (tertiary/aromatic N) is 1. The molecule has 1 aliphatic heterocycles. The van der Waals surface area contributed by atoms with Crippen LogP contribution in [-0.4, -0.2) is 55.8 Å². The summed E-state index contributed by atoms with van der Waals surface area (Å²) in [6, 6.07) is 19.5. The number of rotatable bonds is 6. The molecule has 0 aliphatic carbocycles. The van der Waals surface area contributed by atoms with E-state index in [4.69, 9.17) is 20.4 Å². The Bertz CT molecular complexity index is 1750. The zero-order chi connectivity index (χ0) is 30.0. The van der Waals surface area contributed by atoms with Crippen LogP contribution in [0.5, 0.6) is 5.75 Å². The lowest BCUT2D eigenvalue weighted by atomic mass is 9.90.